The second-order valence-corrected chi connectivity index (χ2v) is 4.79. The topological polar surface area (TPSA) is 29.3 Å². The fourth-order valence-electron chi connectivity index (χ4n) is 2.31. The second-order valence-electron chi connectivity index (χ2n) is 4.38. The number of imidazole rings is 1. The molecule has 1 atom stereocenters. The molecule has 3 rings (SSSR count). The molecule has 2 aromatic heterocycles. The molecule has 0 saturated carbocycles. The summed E-state index contributed by atoms with van der Waals surface area (Å²) >= 11 is 6.09. The number of aromatic nitrogens is 2. The zero-order valence-electron chi connectivity index (χ0n) is 8.99. The van der Waals surface area contributed by atoms with Crippen molar-refractivity contribution in [3.63, 3.8) is 0 Å². The van der Waals surface area contributed by atoms with Crippen molar-refractivity contribution in [3.05, 3.63) is 35.2 Å². The van der Waals surface area contributed by atoms with E-state index in [1.165, 1.54) is 6.42 Å². The summed E-state index contributed by atoms with van der Waals surface area (Å²) in [6.45, 7) is 2.25. The number of hydrogen-bond acceptors (Lipinski definition) is 2. The van der Waals surface area contributed by atoms with Crippen molar-refractivity contribution in [1.82, 2.24) is 14.7 Å². The van der Waals surface area contributed by atoms with E-state index in [4.69, 9.17) is 11.6 Å². The van der Waals surface area contributed by atoms with Crippen LogP contribution in [0.1, 0.15) is 12.1 Å². The molecule has 2 aromatic rings. The minimum absolute atomic E-state index is 0.721. The molecule has 84 valence electrons. The number of rotatable bonds is 2. The number of halogens is 1. The summed E-state index contributed by atoms with van der Waals surface area (Å²) in [6.07, 6.45) is 6.37. The third-order valence-electron chi connectivity index (χ3n) is 3.15. The first-order valence-corrected chi connectivity index (χ1v) is 6.03. The molecule has 0 radical (unpaired) electrons. The van der Waals surface area contributed by atoms with Crippen molar-refractivity contribution in [1.29, 1.82) is 0 Å². The fourth-order valence-corrected chi connectivity index (χ4v) is 2.52. The Morgan fingerprint density at radius 2 is 2.50 bits per heavy atom. The highest BCUT2D eigenvalue weighted by atomic mass is 35.5. The van der Waals surface area contributed by atoms with Crippen LogP contribution >= 0.6 is 11.6 Å². The van der Waals surface area contributed by atoms with Crippen LogP contribution in [0.2, 0.25) is 5.02 Å². The van der Waals surface area contributed by atoms with Crippen molar-refractivity contribution < 1.29 is 0 Å². The van der Waals surface area contributed by atoms with E-state index in [1.807, 2.05) is 22.7 Å². The average molecular weight is 236 g/mol. The van der Waals surface area contributed by atoms with Crippen molar-refractivity contribution in [2.24, 2.45) is 5.92 Å². The highest BCUT2D eigenvalue weighted by molar-refractivity contribution is 6.33. The van der Waals surface area contributed by atoms with E-state index in [-0.39, 0.29) is 0 Å². The van der Waals surface area contributed by atoms with Crippen LogP contribution in [0.3, 0.4) is 0 Å². The lowest BCUT2D eigenvalue weighted by Crippen LogP contribution is -2.10. The van der Waals surface area contributed by atoms with Crippen molar-refractivity contribution in [2.75, 3.05) is 13.1 Å². The summed E-state index contributed by atoms with van der Waals surface area (Å²) in [5, 5.41) is 4.10. The van der Waals surface area contributed by atoms with Crippen LogP contribution in [-0.4, -0.2) is 22.5 Å². The predicted molar refractivity (Wildman–Crippen MR) is 64.9 cm³/mol. The Morgan fingerprint density at radius 1 is 1.56 bits per heavy atom. The van der Waals surface area contributed by atoms with E-state index < -0.39 is 0 Å². The molecule has 1 saturated heterocycles. The molecule has 16 heavy (non-hydrogen) atoms. The van der Waals surface area contributed by atoms with Crippen molar-refractivity contribution in [3.8, 4) is 0 Å². The van der Waals surface area contributed by atoms with Crippen LogP contribution in [0.25, 0.3) is 5.65 Å². The van der Waals surface area contributed by atoms with E-state index in [0.29, 0.717) is 0 Å². The lowest BCUT2D eigenvalue weighted by atomic mass is 10.0. The van der Waals surface area contributed by atoms with Gasteiger partial charge in [-0.3, -0.25) is 0 Å². The van der Waals surface area contributed by atoms with Crippen molar-refractivity contribution >= 4 is 17.2 Å². The molecule has 1 aliphatic heterocycles. The molecule has 3 nitrogen and oxygen atoms in total. The van der Waals surface area contributed by atoms with Crippen molar-refractivity contribution in [2.45, 2.75) is 12.8 Å². The number of hydrogen-bond donors (Lipinski definition) is 1. The highest BCUT2D eigenvalue weighted by Gasteiger charge is 2.16. The van der Waals surface area contributed by atoms with E-state index in [1.54, 1.807) is 0 Å². The Morgan fingerprint density at radius 3 is 3.25 bits per heavy atom. The molecular weight excluding hydrogens is 222 g/mol. The smallest absolute Gasteiger partial charge is 0.155 e. The first-order chi connectivity index (χ1) is 7.83. The zero-order valence-corrected chi connectivity index (χ0v) is 9.74. The van der Waals surface area contributed by atoms with Crippen LogP contribution in [0.4, 0.5) is 0 Å². The Bertz CT molecular complexity index is 500. The zero-order chi connectivity index (χ0) is 11.0. The Labute approximate surface area is 99.4 Å². The second kappa shape index (κ2) is 4.07. The van der Waals surface area contributed by atoms with E-state index in [2.05, 4.69) is 16.5 Å². The van der Waals surface area contributed by atoms with Gasteiger partial charge in [0.05, 0.1) is 10.7 Å². The average Bonchev–Trinajstić information content (AvgIpc) is 2.88. The maximum Gasteiger partial charge on any atom is 0.155 e. The van der Waals surface area contributed by atoms with Gasteiger partial charge in [-0.2, -0.15) is 0 Å². The van der Waals surface area contributed by atoms with Crippen LogP contribution in [0, 0.1) is 5.92 Å². The summed E-state index contributed by atoms with van der Waals surface area (Å²) in [6, 6.07) is 3.82. The largest absolute Gasteiger partial charge is 0.316 e. The number of pyridine rings is 1. The fraction of sp³-hybridized carbons (Fsp3) is 0.417. The molecule has 0 bridgehead atoms. The molecule has 3 heterocycles. The molecule has 0 spiro atoms. The van der Waals surface area contributed by atoms with Gasteiger partial charge in [0.1, 0.15) is 0 Å². The first kappa shape index (κ1) is 10.1. The molecule has 1 aliphatic rings. The Balaban J connectivity index is 1.90. The maximum absolute atomic E-state index is 6.09. The summed E-state index contributed by atoms with van der Waals surface area (Å²) in [4.78, 5) is 4.58. The SMILES string of the molecule is Clc1cccn2cc(CC3CCNC3)nc12. The van der Waals surface area contributed by atoms with Gasteiger partial charge in [-0.05, 0) is 44.0 Å². The van der Waals surface area contributed by atoms with Gasteiger partial charge in [-0.1, -0.05) is 11.6 Å². The van der Waals surface area contributed by atoms with E-state index >= 15 is 0 Å². The molecule has 1 unspecified atom stereocenters. The Hall–Kier alpha value is -1.06. The van der Waals surface area contributed by atoms with Gasteiger partial charge in [0.15, 0.2) is 5.65 Å². The molecule has 1 N–H and O–H groups in total. The summed E-state index contributed by atoms with van der Waals surface area (Å²) in [5.41, 5.74) is 2.01. The maximum atomic E-state index is 6.09. The van der Waals surface area contributed by atoms with Crippen LogP contribution in [0.15, 0.2) is 24.5 Å². The molecule has 1 fully saturated rings. The minimum Gasteiger partial charge on any atom is -0.316 e. The number of nitrogens with zero attached hydrogens (tertiary/aromatic N) is 2. The molecule has 4 heteroatoms. The van der Waals surface area contributed by atoms with Gasteiger partial charge in [-0.25, -0.2) is 4.98 Å². The number of nitrogens with one attached hydrogen (secondary N) is 1. The summed E-state index contributed by atoms with van der Waals surface area (Å²) < 4.78 is 2.00. The van der Waals surface area contributed by atoms with E-state index in [0.717, 1.165) is 41.8 Å². The highest BCUT2D eigenvalue weighted by Crippen LogP contribution is 2.19. The van der Waals surface area contributed by atoms with Gasteiger partial charge in [0.25, 0.3) is 0 Å². The lowest BCUT2D eigenvalue weighted by molar-refractivity contribution is 0.573. The third kappa shape index (κ3) is 1.81. The van der Waals surface area contributed by atoms with Gasteiger partial charge >= 0.3 is 0 Å². The van der Waals surface area contributed by atoms with Gasteiger partial charge in [0.2, 0.25) is 0 Å². The van der Waals surface area contributed by atoms with Gasteiger partial charge in [-0.15, -0.1) is 0 Å². The molecule has 0 amide bonds. The minimum atomic E-state index is 0.721. The van der Waals surface area contributed by atoms with Crippen LogP contribution < -0.4 is 5.32 Å². The van der Waals surface area contributed by atoms with Crippen LogP contribution in [-0.2, 0) is 6.42 Å². The standard InChI is InChI=1S/C12H14ClN3/c13-11-2-1-5-16-8-10(15-12(11)16)6-9-3-4-14-7-9/h1-2,5,8-9,14H,3-4,6-7H2. The van der Waals surface area contributed by atoms with Crippen LogP contribution in [0.5, 0.6) is 0 Å². The monoisotopic (exact) mass is 235 g/mol. The van der Waals surface area contributed by atoms with E-state index in [9.17, 15) is 0 Å². The molecule has 0 aromatic carbocycles. The summed E-state index contributed by atoms with van der Waals surface area (Å²) in [7, 11) is 0. The summed E-state index contributed by atoms with van der Waals surface area (Å²) in [5.74, 6) is 0.726. The quantitative estimate of drug-likeness (QED) is 0.864. The van der Waals surface area contributed by atoms with Gasteiger partial charge in [0, 0.05) is 12.4 Å². The normalized spacial score (nSPS) is 20.7. The predicted octanol–water partition coefficient (Wildman–Crippen LogP) is 2.14. The lowest BCUT2D eigenvalue weighted by Gasteiger charge is -2.03. The first-order valence-electron chi connectivity index (χ1n) is 5.66. The molecular formula is C12H14ClN3. The Kier molecular flexibility index (Phi) is 2.58. The van der Waals surface area contributed by atoms with Gasteiger partial charge < -0.3 is 9.72 Å². The number of fused-ring (bicyclic) bond motifs is 1. The molecule has 0 aliphatic carbocycles. The third-order valence-corrected chi connectivity index (χ3v) is 3.44.